The standard InChI is InChI=1S/C22H21N3O/c23-24-14-16-5-3-6-17(13-16)15-25-12-11-21(22(25)26)20-10-4-8-18-7-1-2-9-19(18)20/h1-10,13-14,21H,11-12,15,23H2/t21-/m0/s1. The van der Waals surface area contributed by atoms with Gasteiger partial charge in [-0.1, -0.05) is 60.7 Å². The van der Waals surface area contributed by atoms with Crippen molar-refractivity contribution in [2.45, 2.75) is 18.9 Å². The first-order valence-electron chi connectivity index (χ1n) is 8.85. The lowest BCUT2D eigenvalue weighted by atomic mass is 9.92. The zero-order chi connectivity index (χ0) is 17.9. The summed E-state index contributed by atoms with van der Waals surface area (Å²) in [5.74, 6) is 5.38. The third kappa shape index (κ3) is 3.06. The summed E-state index contributed by atoms with van der Waals surface area (Å²) in [7, 11) is 0. The lowest BCUT2D eigenvalue weighted by Crippen LogP contribution is -2.26. The van der Waals surface area contributed by atoms with E-state index in [1.54, 1.807) is 6.21 Å². The Hall–Kier alpha value is -3.14. The van der Waals surface area contributed by atoms with E-state index in [1.165, 1.54) is 10.8 Å². The topological polar surface area (TPSA) is 58.7 Å². The first kappa shape index (κ1) is 16.3. The van der Waals surface area contributed by atoms with Crippen LogP contribution in [0, 0.1) is 0 Å². The molecule has 1 atom stereocenters. The summed E-state index contributed by atoms with van der Waals surface area (Å²) >= 11 is 0. The highest BCUT2D eigenvalue weighted by Crippen LogP contribution is 2.34. The van der Waals surface area contributed by atoms with Crippen LogP contribution < -0.4 is 5.84 Å². The normalized spacial score (nSPS) is 17.5. The Morgan fingerprint density at radius 1 is 1.08 bits per heavy atom. The number of carbonyl (C=O) groups excluding carboxylic acids is 1. The van der Waals surface area contributed by atoms with Gasteiger partial charge in [0.25, 0.3) is 0 Å². The van der Waals surface area contributed by atoms with Crippen LogP contribution in [0.4, 0.5) is 0 Å². The van der Waals surface area contributed by atoms with E-state index in [-0.39, 0.29) is 11.8 Å². The molecule has 0 bridgehead atoms. The monoisotopic (exact) mass is 343 g/mol. The molecule has 4 heteroatoms. The first-order chi connectivity index (χ1) is 12.8. The van der Waals surface area contributed by atoms with Crippen molar-refractivity contribution in [1.29, 1.82) is 0 Å². The SMILES string of the molecule is NN=Cc1cccc(CN2CC[C@@H](c3cccc4ccccc34)C2=O)c1. The van der Waals surface area contributed by atoms with E-state index in [4.69, 9.17) is 5.84 Å². The minimum absolute atomic E-state index is 0.0603. The molecule has 1 aliphatic heterocycles. The van der Waals surface area contributed by atoms with Crippen molar-refractivity contribution in [1.82, 2.24) is 4.90 Å². The maximum absolute atomic E-state index is 13.0. The van der Waals surface area contributed by atoms with Crippen LogP contribution in [0.2, 0.25) is 0 Å². The second-order valence-electron chi connectivity index (χ2n) is 6.69. The van der Waals surface area contributed by atoms with Gasteiger partial charge in [0.05, 0.1) is 12.1 Å². The lowest BCUT2D eigenvalue weighted by molar-refractivity contribution is -0.129. The van der Waals surface area contributed by atoms with Gasteiger partial charge < -0.3 is 10.7 Å². The molecule has 3 aromatic rings. The maximum Gasteiger partial charge on any atom is 0.230 e. The number of hydrogen-bond donors (Lipinski definition) is 1. The predicted molar refractivity (Wildman–Crippen MR) is 105 cm³/mol. The highest BCUT2D eigenvalue weighted by molar-refractivity contribution is 5.94. The highest BCUT2D eigenvalue weighted by Gasteiger charge is 2.33. The van der Waals surface area contributed by atoms with Crippen molar-refractivity contribution in [2.24, 2.45) is 10.9 Å². The first-order valence-corrected chi connectivity index (χ1v) is 8.85. The smallest absolute Gasteiger partial charge is 0.230 e. The molecule has 4 nitrogen and oxygen atoms in total. The average Bonchev–Trinajstić information content (AvgIpc) is 3.02. The molecular weight excluding hydrogens is 322 g/mol. The predicted octanol–water partition coefficient (Wildman–Crippen LogP) is 3.65. The molecule has 1 amide bonds. The van der Waals surface area contributed by atoms with Gasteiger partial charge in [0.2, 0.25) is 5.91 Å². The van der Waals surface area contributed by atoms with Crippen LogP contribution >= 0.6 is 0 Å². The number of likely N-dealkylation sites (tertiary alicyclic amines) is 1. The van der Waals surface area contributed by atoms with Gasteiger partial charge in [-0.25, -0.2) is 0 Å². The molecule has 1 heterocycles. The maximum atomic E-state index is 13.0. The molecule has 0 unspecified atom stereocenters. The number of carbonyl (C=O) groups is 1. The Morgan fingerprint density at radius 2 is 1.88 bits per heavy atom. The zero-order valence-electron chi connectivity index (χ0n) is 14.5. The van der Waals surface area contributed by atoms with Gasteiger partial charge in [-0.3, -0.25) is 4.79 Å². The van der Waals surface area contributed by atoms with E-state index in [2.05, 4.69) is 29.4 Å². The van der Waals surface area contributed by atoms with Gasteiger partial charge in [-0.15, -0.1) is 0 Å². The molecule has 1 saturated heterocycles. The average molecular weight is 343 g/mol. The fraction of sp³-hybridized carbons (Fsp3) is 0.182. The minimum atomic E-state index is -0.0603. The van der Waals surface area contributed by atoms with Crippen molar-refractivity contribution in [3.63, 3.8) is 0 Å². The van der Waals surface area contributed by atoms with Gasteiger partial charge in [0.15, 0.2) is 0 Å². The molecule has 26 heavy (non-hydrogen) atoms. The summed E-state index contributed by atoms with van der Waals surface area (Å²) in [6, 6.07) is 22.5. The molecule has 1 aliphatic rings. The van der Waals surface area contributed by atoms with E-state index < -0.39 is 0 Å². The minimum Gasteiger partial charge on any atom is -0.338 e. The van der Waals surface area contributed by atoms with Crippen molar-refractivity contribution in [2.75, 3.05) is 6.54 Å². The molecule has 130 valence electrons. The lowest BCUT2D eigenvalue weighted by Gasteiger charge is -2.18. The Morgan fingerprint density at radius 3 is 2.77 bits per heavy atom. The molecule has 0 aliphatic carbocycles. The van der Waals surface area contributed by atoms with Gasteiger partial charge in [-0.05, 0) is 39.9 Å². The summed E-state index contributed by atoms with van der Waals surface area (Å²) in [6.45, 7) is 1.40. The largest absolute Gasteiger partial charge is 0.338 e. The van der Waals surface area contributed by atoms with E-state index in [0.29, 0.717) is 6.54 Å². The number of fused-ring (bicyclic) bond motifs is 1. The Bertz CT molecular complexity index is 975. The van der Waals surface area contributed by atoms with Gasteiger partial charge >= 0.3 is 0 Å². The third-order valence-electron chi connectivity index (χ3n) is 5.04. The van der Waals surface area contributed by atoms with Crippen LogP contribution in [0.15, 0.2) is 71.8 Å². The van der Waals surface area contributed by atoms with Crippen molar-refractivity contribution >= 4 is 22.9 Å². The molecule has 0 saturated carbocycles. The number of rotatable bonds is 4. The number of hydrazone groups is 1. The van der Waals surface area contributed by atoms with Crippen molar-refractivity contribution in [3.8, 4) is 0 Å². The number of nitrogens with zero attached hydrogens (tertiary/aromatic N) is 2. The summed E-state index contributed by atoms with van der Waals surface area (Å²) in [5.41, 5.74) is 3.18. The summed E-state index contributed by atoms with van der Waals surface area (Å²) in [4.78, 5) is 15.0. The molecule has 4 rings (SSSR count). The fourth-order valence-corrected chi connectivity index (χ4v) is 3.82. The zero-order valence-corrected chi connectivity index (χ0v) is 14.5. The molecule has 0 radical (unpaired) electrons. The molecule has 2 N–H and O–H groups in total. The summed E-state index contributed by atoms with van der Waals surface area (Å²) in [5, 5.41) is 5.93. The van der Waals surface area contributed by atoms with Gasteiger partial charge in [0, 0.05) is 13.1 Å². The highest BCUT2D eigenvalue weighted by atomic mass is 16.2. The molecule has 1 fully saturated rings. The number of nitrogens with two attached hydrogens (primary N) is 1. The van der Waals surface area contributed by atoms with Crippen LogP contribution in [0.1, 0.15) is 29.0 Å². The second-order valence-corrected chi connectivity index (χ2v) is 6.69. The molecule has 0 spiro atoms. The molecule has 3 aromatic carbocycles. The summed E-state index contributed by atoms with van der Waals surface area (Å²) in [6.07, 6.45) is 2.48. The van der Waals surface area contributed by atoms with E-state index in [1.807, 2.05) is 47.4 Å². The van der Waals surface area contributed by atoms with Crippen LogP contribution in [-0.2, 0) is 11.3 Å². The van der Waals surface area contributed by atoms with Crippen LogP contribution in [-0.4, -0.2) is 23.6 Å². The van der Waals surface area contributed by atoms with Crippen molar-refractivity contribution < 1.29 is 4.79 Å². The van der Waals surface area contributed by atoms with Crippen LogP contribution in [0.5, 0.6) is 0 Å². The van der Waals surface area contributed by atoms with Gasteiger partial charge in [-0.2, -0.15) is 5.10 Å². The van der Waals surface area contributed by atoms with E-state index >= 15 is 0 Å². The van der Waals surface area contributed by atoms with E-state index in [0.717, 1.165) is 29.7 Å². The Balaban J connectivity index is 1.57. The van der Waals surface area contributed by atoms with E-state index in [9.17, 15) is 4.79 Å². The number of benzene rings is 3. The summed E-state index contributed by atoms with van der Waals surface area (Å²) < 4.78 is 0. The number of amides is 1. The van der Waals surface area contributed by atoms with Crippen LogP contribution in [0.3, 0.4) is 0 Å². The third-order valence-corrected chi connectivity index (χ3v) is 5.04. The molecule has 0 aromatic heterocycles. The van der Waals surface area contributed by atoms with Crippen molar-refractivity contribution in [3.05, 3.63) is 83.4 Å². The Labute approximate surface area is 152 Å². The quantitative estimate of drug-likeness (QED) is 0.447. The van der Waals surface area contributed by atoms with Gasteiger partial charge in [0.1, 0.15) is 0 Å². The fourth-order valence-electron chi connectivity index (χ4n) is 3.82. The van der Waals surface area contributed by atoms with Crippen LogP contribution in [0.25, 0.3) is 10.8 Å². The molecular formula is C22H21N3O. The second kappa shape index (κ2) is 7.00. The number of hydrogen-bond acceptors (Lipinski definition) is 3. The Kier molecular flexibility index (Phi) is 4.40.